The average molecular weight is 390 g/mol. The van der Waals surface area contributed by atoms with Crippen LogP contribution in [-0.4, -0.2) is 25.7 Å². The maximum atomic E-state index is 13.3. The molecule has 3 atom stereocenters. The molecule has 0 spiro atoms. The molecule has 0 saturated carbocycles. The van der Waals surface area contributed by atoms with Gasteiger partial charge in [-0.05, 0) is 30.0 Å². The maximum absolute atomic E-state index is 13.3. The van der Waals surface area contributed by atoms with E-state index in [9.17, 15) is 13.5 Å². The minimum atomic E-state index is -3.73. The Kier molecular flexibility index (Phi) is 8.02. The van der Waals surface area contributed by atoms with Crippen molar-refractivity contribution in [3.05, 3.63) is 66.2 Å². The molecule has 0 radical (unpaired) electrons. The van der Waals surface area contributed by atoms with E-state index in [1.807, 2.05) is 6.07 Å². The molecule has 4 nitrogen and oxygen atoms in total. The van der Waals surface area contributed by atoms with E-state index in [2.05, 4.69) is 13.8 Å². The second-order valence-electron chi connectivity index (χ2n) is 7.51. The Labute approximate surface area is 163 Å². The molecule has 0 aliphatic carbocycles. The van der Waals surface area contributed by atoms with Crippen molar-refractivity contribution in [2.75, 3.05) is 0 Å². The van der Waals surface area contributed by atoms with Gasteiger partial charge in [0.15, 0.2) is 9.84 Å². The van der Waals surface area contributed by atoms with Crippen molar-refractivity contribution in [1.82, 2.24) is 0 Å². The van der Waals surface area contributed by atoms with Crippen LogP contribution in [0.3, 0.4) is 0 Å². The summed E-state index contributed by atoms with van der Waals surface area (Å²) in [6.45, 7) is 4.33. The Morgan fingerprint density at radius 1 is 0.889 bits per heavy atom. The van der Waals surface area contributed by atoms with E-state index in [-0.39, 0.29) is 4.90 Å². The fourth-order valence-electron chi connectivity index (χ4n) is 3.31. The number of nitrogens with two attached hydrogens (primary N) is 1. The van der Waals surface area contributed by atoms with E-state index in [0.29, 0.717) is 17.9 Å². The molecule has 0 amide bonds. The lowest BCUT2D eigenvalue weighted by Gasteiger charge is -2.28. The first kappa shape index (κ1) is 21.6. The molecule has 3 unspecified atom stereocenters. The van der Waals surface area contributed by atoms with Crippen LogP contribution in [0.25, 0.3) is 0 Å². The fraction of sp³-hybridized carbons (Fsp3) is 0.455. The predicted octanol–water partition coefficient (Wildman–Crippen LogP) is 4.11. The Hall–Kier alpha value is -1.69. The van der Waals surface area contributed by atoms with Gasteiger partial charge < -0.3 is 10.8 Å². The lowest BCUT2D eigenvalue weighted by Crippen LogP contribution is -2.43. The van der Waals surface area contributed by atoms with Gasteiger partial charge >= 0.3 is 0 Å². The number of unbranched alkanes of at least 4 members (excludes halogenated alkanes) is 1. The van der Waals surface area contributed by atoms with Gasteiger partial charge in [0.25, 0.3) is 0 Å². The van der Waals surface area contributed by atoms with Crippen LogP contribution in [0.4, 0.5) is 0 Å². The summed E-state index contributed by atoms with van der Waals surface area (Å²) in [5.41, 5.74) is 6.94. The quantitative estimate of drug-likeness (QED) is 0.599. The zero-order valence-corrected chi connectivity index (χ0v) is 17.0. The molecule has 2 aromatic rings. The molecule has 0 fully saturated rings. The summed E-state index contributed by atoms with van der Waals surface area (Å²) < 4.78 is 26.6. The third-order valence-corrected chi connectivity index (χ3v) is 7.04. The van der Waals surface area contributed by atoms with Crippen LogP contribution >= 0.6 is 0 Å². The van der Waals surface area contributed by atoms with Crippen LogP contribution in [0.15, 0.2) is 65.6 Å². The lowest BCUT2D eigenvalue weighted by atomic mass is 9.96. The van der Waals surface area contributed by atoms with Gasteiger partial charge in [-0.1, -0.05) is 81.6 Å². The van der Waals surface area contributed by atoms with Crippen LogP contribution in [0.1, 0.15) is 50.3 Å². The number of hydrogen-bond donors (Lipinski definition) is 2. The van der Waals surface area contributed by atoms with E-state index >= 15 is 0 Å². The zero-order chi connectivity index (χ0) is 19.9. The van der Waals surface area contributed by atoms with Crippen LogP contribution in [0.2, 0.25) is 0 Å². The van der Waals surface area contributed by atoms with E-state index < -0.39 is 27.2 Å². The SMILES string of the molecule is CC(C)CCCCC(O)C(N)C(c1ccccc1)S(=O)(=O)c1ccccc1. The highest BCUT2D eigenvalue weighted by Gasteiger charge is 2.37. The standard InChI is InChI=1S/C22H31NO3S/c1-17(2)11-9-10-16-20(24)21(23)22(18-12-5-3-6-13-18)27(25,26)19-14-7-4-8-15-19/h3-8,12-15,17,20-22,24H,9-11,16,23H2,1-2H3. The Morgan fingerprint density at radius 2 is 1.41 bits per heavy atom. The topological polar surface area (TPSA) is 80.4 Å². The summed E-state index contributed by atoms with van der Waals surface area (Å²) >= 11 is 0. The van der Waals surface area contributed by atoms with Crippen molar-refractivity contribution in [3.63, 3.8) is 0 Å². The molecule has 3 N–H and O–H groups in total. The number of aliphatic hydroxyl groups is 1. The highest BCUT2D eigenvalue weighted by Crippen LogP contribution is 2.33. The van der Waals surface area contributed by atoms with Gasteiger partial charge in [0.1, 0.15) is 5.25 Å². The van der Waals surface area contributed by atoms with Crippen molar-refractivity contribution in [1.29, 1.82) is 0 Å². The maximum Gasteiger partial charge on any atom is 0.187 e. The molecule has 5 heteroatoms. The fourth-order valence-corrected chi connectivity index (χ4v) is 5.25. The summed E-state index contributed by atoms with van der Waals surface area (Å²) in [6.07, 6.45) is 2.55. The first-order chi connectivity index (χ1) is 12.8. The second-order valence-corrected chi connectivity index (χ2v) is 9.58. The van der Waals surface area contributed by atoms with E-state index in [1.165, 1.54) is 0 Å². The molecule has 0 aromatic heterocycles. The number of hydrogen-bond acceptors (Lipinski definition) is 4. The summed E-state index contributed by atoms with van der Waals surface area (Å²) in [7, 11) is -3.73. The molecule has 0 saturated heterocycles. The Morgan fingerprint density at radius 3 is 1.96 bits per heavy atom. The van der Waals surface area contributed by atoms with Crippen LogP contribution in [0.5, 0.6) is 0 Å². The van der Waals surface area contributed by atoms with Crippen molar-refractivity contribution in [3.8, 4) is 0 Å². The summed E-state index contributed by atoms with van der Waals surface area (Å²) in [4.78, 5) is 0.223. The van der Waals surface area contributed by atoms with Crippen molar-refractivity contribution in [2.24, 2.45) is 11.7 Å². The van der Waals surface area contributed by atoms with Gasteiger partial charge in [0.2, 0.25) is 0 Å². The van der Waals surface area contributed by atoms with Crippen LogP contribution < -0.4 is 5.73 Å². The Bertz CT molecular complexity index is 776. The first-order valence-electron chi connectivity index (χ1n) is 9.61. The van der Waals surface area contributed by atoms with Gasteiger partial charge in [-0.2, -0.15) is 0 Å². The molecule has 27 heavy (non-hydrogen) atoms. The molecule has 2 aromatic carbocycles. The summed E-state index contributed by atoms with van der Waals surface area (Å²) in [6, 6.07) is 16.4. The number of rotatable bonds is 10. The minimum absolute atomic E-state index is 0.223. The van der Waals surface area contributed by atoms with Crippen molar-refractivity contribution in [2.45, 2.75) is 61.8 Å². The number of aliphatic hydroxyl groups excluding tert-OH is 1. The number of sulfone groups is 1. The van der Waals surface area contributed by atoms with Gasteiger partial charge in [-0.25, -0.2) is 8.42 Å². The van der Waals surface area contributed by atoms with Gasteiger partial charge in [0.05, 0.1) is 17.0 Å². The molecule has 0 bridgehead atoms. The highest BCUT2D eigenvalue weighted by atomic mass is 32.2. The first-order valence-corrected chi connectivity index (χ1v) is 11.2. The lowest BCUT2D eigenvalue weighted by molar-refractivity contribution is 0.128. The third-order valence-electron chi connectivity index (χ3n) is 4.86. The molecule has 0 heterocycles. The van der Waals surface area contributed by atoms with Crippen LogP contribution in [0, 0.1) is 5.92 Å². The van der Waals surface area contributed by atoms with Gasteiger partial charge in [-0.3, -0.25) is 0 Å². The summed E-state index contributed by atoms with van der Waals surface area (Å²) in [5.74, 6) is 0.617. The molecule has 0 aliphatic heterocycles. The summed E-state index contributed by atoms with van der Waals surface area (Å²) in [5, 5.41) is 9.65. The molecule has 0 aliphatic rings. The van der Waals surface area contributed by atoms with Crippen molar-refractivity contribution >= 4 is 9.84 Å². The molecule has 148 valence electrons. The van der Waals surface area contributed by atoms with E-state index in [4.69, 9.17) is 5.73 Å². The molecular formula is C22H31NO3S. The van der Waals surface area contributed by atoms with Gasteiger partial charge in [0, 0.05) is 0 Å². The van der Waals surface area contributed by atoms with E-state index in [1.54, 1.807) is 54.6 Å². The van der Waals surface area contributed by atoms with Crippen molar-refractivity contribution < 1.29 is 13.5 Å². The second kappa shape index (κ2) is 10.0. The smallest absolute Gasteiger partial charge is 0.187 e. The predicted molar refractivity (Wildman–Crippen MR) is 110 cm³/mol. The minimum Gasteiger partial charge on any atom is -0.391 e. The highest BCUT2D eigenvalue weighted by molar-refractivity contribution is 7.91. The normalized spacial score (nSPS) is 15.4. The van der Waals surface area contributed by atoms with Gasteiger partial charge in [-0.15, -0.1) is 0 Å². The third kappa shape index (κ3) is 5.89. The van der Waals surface area contributed by atoms with E-state index in [0.717, 1.165) is 19.3 Å². The average Bonchev–Trinajstić information content (AvgIpc) is 2.66. The largest absolute Gasteiger partial charge is 0.391 e. The zero-order valence-electron chi connectivity index (χ0n) is 16.2. The monoisotopic (exact) mass is 389 g/mol. The number of benzene rings is 2. The van der Waals surface area contributed by atoms with Crippen LogP contribution in [-0.2, 0) is 9.84 Å². The molecule has 2 rings (SSSR count). The molecular weight excluding hydrogens is 358 g/mol. The Balaban J connectivity index is 2.25.